The molecule has 2 heterocycles. The van der Waals surface area contributed by atoms with Crippen LogP contribution in [0.5, 0.6) is 0 Å². The van der Waals surface area contributed by atoms with Crippen molar-refractivity contribution in [3.05, 3.63) is 192 Å². The molecule has 8 aromatic carbocycles. The van der Waals surface area contributed by atoms with Gasteiger partial charge in [0.2, 0.25) is 0 Å². The van der Waals surface area contributed by atoms with E-state index in [4.69, 9.17) is 4.42 Å². The van der Waals surface area contributed by atoms with Crippen molar-refractivity contribution in [1.29, 1.82) is 0 Å². The van der Waals surface area contributed by atoms with Crippen LogP contribution in [0.25, 0.3) is 75.1 Å². The van der Waals surface area contributed by atoms with Gasteiger partial charge in [-0.2, -0.15) is 0 Å². The highest BCUT2D eigenvalue weighted by molar-refractivity contribution is 7.25. The first-order chi connectivity index (χ1) is 26.5. The lowest BCUT2D eigenvalue weighted by atomic mass is 9.79. The van der Waals surface area contributed by atoms with Crippen molar-refractivity contribution in [3.63, 3.8) is 0 Å². The summed E-state index contributed by atoms with van der Waals surface area (Å²) >= 11 is 1.89. The van der Waals surface area contributed by atoms with Gasteiger partial charge >= 0.3 is 0 Å². The number of benzene rings is 8. The summed E-state index contributed by atoms with van der Waals surface area (Å²) in [6, 6.07) is 60.9. The molecule has 258 valence electrons. The van der Waals surface area contributed by atoms with Gasteiger partial charge in [-0.3, -0.25) is 0 Å². The molecule has 0 amide bonds. The summed E-state index contributed by atoms with van der Waals surface area (Å²) in [4.78, 5) is 0. The molecule has 0 spiro atoms. The van der Waals surface area contributed by atoms with Gasteiger partial charge in [0.1, 0.15) is 11.2 Å². The van der Waals surface area contributed by atoms with Gasteiger partial charge in [0.25, 0.3) is 0 Å². The molecule has 2 aromatic heterocycles. The Bertz CT molecular complexity index is 3090. The molecular weight excluding hydrogens is 673 g/mol. The zero-order valence-corrected chi connectivity index (χ0v) is 31.2. The lowest BCUT2D eigenvalue weighted by Gasteiger charge is -2.24. The van der Waals surface area contributed by atoms with Gasteiger partial charge in [-0.1, -0.05) is 141 Å². The number of hydrogen-bond donors (Lipinski definition) is 0. The maximum absolute atomic E-state index is 6.22. The quantitative estimate of drug-likeness (QED) is 0.167. The number of para-hydroxylation sites is 1. The van der Waals surface area contributed by atoms with E-state index in [1.165, 1.54) is 91.8 Å². The maximum Gasteiger partial charge on any atom is 0.135 e. The summed E-state index contributed by atoms with van der Waals surface area (Å²) in [6.07, 6.45) is 1.98. The molecule has 0 fully saturated rings. The normalized spacial score (nSPS) is 14.0. The number of furan rings is 1. The van der Waals surface area contributed by atoms with Crippen molar-refractivity contribution in [1.82, 2.24) is 0 Å². The smallest absolute Gasteiger partial charge is 0.135 e. The monoisotopic (exact) mass is 710 g/mol. The Balaban J connectivity index is 0.987. The van der Waals surface area contributed by atoms with Crippen LogP contribution in [-0.4, -0.2) is 0 Å². The second kappa shape index (κ2) is 12.0. The molecule has 0 saturated carbocycles. The Hall–Kier alpha value is -5.96. The largest absolute Gasteiger partial charge is 0.456 e. The van der Waals surface area contributed by atoms with E-state index in [9.17, 15) is 0 Å². The van der Waals surface area contributed by atoms with Crippen LogP contribution >= 0.6 is 11.3 Å². The van der Waals surface area contributed by atoms with Crippen LogP contribution < -0.4 is 0 Å². The predicted octanol–water partition coefficient (Wildman–Crippen LogP) is 14.8. The standard InChI is InChI=1S/C52H38OS/c1-52(2)45-29-33(34-20-25-41-40-16-9-11-19-49(40)54-50(41)31-34)21-26-43(45)51-42-17-7-6-14-38(42)36(30-46(51)52)22-24-37(32-12-4-3-5-13-32)35-23-27-48-44(28-35)39-15-8-10-18-47(39)53-48/h3-21,23,25-31,37H,22,24H2,1-2H3. The van der Waals surface area contributed by atoms with E-state index in [0.717, 1.165) is 24.0 Å². The number of rotatable bonds is 6. The first kappa shape index (κ1) is 31.6. The maximum atomic E-state index is 6.22. The van der Waals surface area contributed by atoms with Gasteiger partial charge in [-0.15, -0.1) is 11.3 Å². The summed E-state index contributed by atoms with van der Waals surface area (Å²) in [5.41, 5.74) is 14.1. The first-order valence-electron chi connectivity index (χ1n) is 19.1. The number of fused-ring (bicyclic) bond motifs is 11. The molecule has 11 rings (SSSR count). The second-order valence-corrected chi connectivity index (χ2v) is 16.6. The Morgan fingerprint density at radius 2 is 1.19 bits per heavy atom. The summed E-state index contributed by atoms with van der Waals surface area (Å²) in [6.45, 7) is 4.85. The molecule has 1 atom stereocenters. The van der Waals surface area contributed by atoms with E-state index < -0.39 is 0 Å². The van der Waals surface area contributed by atoms with Gasteiger partial charge in [-0.05, 0) is 110 Å². The van der Waals surface area contributed by atoms with Crippen LogP contribution in [-0.2, 0) is 11.8 Å². The van der Waals surface area contributed by atoms with Crippen molar-refractivity contribution < 1.29 is 4.42 Å². The number of hydrogen-bond acceptors (Lipinski definition) is 2. The summed E-state index contributed by atoms with van der Waals surface area (Å²) in [5, 5.41) is 7.78. The van der Waals surface area contributed by atoms with Crippen LogP contribution in [0.1, 0.15) is 54.0 Å². The minimum Gasteiger partial charge on any atom is -0.456 e. The fourth-order valence-corrected chi connectivity index (χ4v) is 10.6. The molecule has 0 N–H and O–H groups in total. The van der Waals surface area contributed by atoms with Crippen LogP contribution in [0.3, 0.4) is 0 Å². The lowest BCUT2D eigenvalue weighted by Crippen LogP contribution is -2.15. The Kier molecular flexibility index (Phi) is 7.03. The van der Waals surface area contributed by atoms with Gasteiger partial charge in [-0.25, -0.2) is 0 Å². The SMILES string of the molecule is CC1(C)c2cc(-c3ccc4c(c3)sc3ccccc34)ccc2-c2c1cc(CCC(c1ccccc1)c1ccc3oc4ccccc4c3c1)c1ccccc21. The van der Waals surface area contributed by atoms with Crippen LogP contribution in [0.4, 0.5) is 0 Å². The van der Waals surface area contributed by atoms with Crippen molar-refractivity contribution in [2.24, 2.45) is 0 Å². The molecular formula is C52H38OS. The van der Waals surface area contributed by atoms with Gasteiger partial charge in [0.05, 0.1) is 0 Å². The average Bonchev–Trinajstić information content (AvgIpc) is 3.85. The minimum absolute atomic E-state index is 0.132. The van der Waals surface area contributed by atoms with Crippen molar-refractivity contribution in [2.45, 2.75) is 38.0 Å². The molecule has 10 aromatic rings. The van der Waals surface area contributed by atoms with E-state index in [1.807, 2.05) is 17.4 Å². The second-order valence-electron chi connectivity index (χ2n) is 15.6. The van der Waals surface area contributed by atoms with Gasteiger partial charge < -0.3 is 4.42 Å². The first-order valence-corrected chi connectivity index (χ1v) is 19.9. The van der Waals surface area contributed by atoms with Crippen molar-refractivity contribution in [2.75, 3.05) is 0 Å². The third-order valence-corrected chi connectivity index (χ3v) is 13.3. The third kappa shape index (κ3) is 4.83. The van der Waals surface area contributed by atoms with Crippen LogP contribution in [0.15, 0.2) is 168 Å². The predicted molar refractivity (Wildman–Crippen MR) is 230 cm³/mol. The summed E-state index contributed by atoms with van der Waals surface area (Å²) in [7, 11) is 0. The highest BCUT2D eigenvalue weighted by Gasteiger charge is 2.37. The molecule has 1 aliphatic rings. The molecule has 2 heteroatoms. The molecule has 0 bridgehead atoms. The third-order valence-electron chi connectivity index (χ3n) is 12.2. The van der Waals surface area contributed by atoms with Crippen molar-refractivity contribution >= 4 is 64.2 Å². The molecule has 54 heavy (non-hydrogen) atoms. The fraction of sp³-hybridized carbons (Fsp3) is 0.115. The van der Waals surface area contributed by atoms with E-state index in [2.05, 4.69) is 172 Å². The zero-order chi connectivity index (χ0) is 36.0. The minimum atomic E-state index is -0.132. The molecule has 0 radical (unpaired) electrons. The number of aryl methyl sites for hydroxylation is 1. The summed E-state index contributed by atoms with van der Waals surface area (Å²) < 4.78 is 8.91. The van der Waals surface area contributed by atoms with Crippen molar-refractivity contribution in [3.8, 4) is 22.3 Å². The molecule has 0 saturated heterocycles. The molecule has 1 nitrogen and oxygen atoms in total. The molecule has 1 unspecified atom stereocenters. The van der Waals surface area contributed by atoms with Gasteiger partial charge in [0.15, 0.2) is 0 Å². The average molecular weight is 711 g/mol. The highest BCUT2D eigenvalue weighted by atomic mass is 32.1. The van der Waals surface area contributed by atoms with E-state index >= 15 is 0 Å². The molecule has 1 aliphatic carbocycles. The van der Waals surface area contributed by atoms with E-state index in [-0.39, 0.29) is 11.3 Å². The Morgan fingerprint density at radius 1 is 0.500 bits per heavy atom. The summed E-state index contributed by atoms with van der Waals surface area (Å²) in [5.74, 6) is 0.252. The Morgan fingerprint density at radius 3 is 2.06 bits per heavy atom. The lowest BCUT2D eigenvalue weighted by molar-refractivity contribution is 0.658. The highest BCUT2D eigenvalue weighted by Crippen LogP contribution is 2.53. The van der Waals surface area contributed by atoms with E-state index in [1.54, 1.807) is 0 Å². The Labute approximate surface area is 319 Å². The fourth-order valence-electron chi connectivity index (χ4n) is 9.42. The van der Waals surface area contributed by atoms with E-state index in [0.29, 0.717) is 0 Å². The molecule has 0 aliphatic heterocycles. The zero-order valence-electron chi connectivity index (χ0n) is 30.4. The van der Waals surface area contributed by atoms with Crippen LogP contribution in [0, 0.1) is 0 Å². The van der Waals surface area contributed by atoms with Crippen LogP contribution in [0.2, 0.25) is 0 Å². The number of thiophene rings is 1. The van der Waals surface area contributed by atoms with Gasteiger partial charge in [0, 0.05) is 42.3 Å². The topological polar surface area (TPSA) is 13.1 Å².